The van der Waals surface area contributed by atoms with E-state index in [0.717, 1.165) is 22.3 Å². The number of nitrogens with zero attached hydrogens (tertiary/aromatic N) is 3. The highest BCUT2D eigenvalue weighted by Crippen LogP contribution is 2.21. The number of aromatic nitrogens is 4. The van der Waals surface area contributed by atoms with Crippen LogP contribution in [-0.2, 0) is 0 Å². The van der Waals surface area contributed by atoms with E-state index in [-0.39, 0.29) is 0 Å². The Labute approximate surface area is 97.5 Å². The van der Waals surface area contributed by atoms with Gasteiger partial charge < -0.3 is 9.72 Å². The predicted molar refractivity (Wildman–Crippen MR) is 62.5 cm³/mol. The summed E-state index contributed by atoms with van der Waals surface area (Å²) in [5, 5.41) is 0. The first-order valence-electron chi connectivity index (χ1n) is 5.09. The largest absolute Gasteiger partial charge is 0.467 e. The van der Waals surface area contributed by atoms with E-state index in [9.17, 15) is 0 Å². The first-order valence-corrected chi connectivity index (χ1v) is 5.09. The molecule has 3 rings (SSSR count). The van der Waals surface area contributed by atoms with Gasteiger partial charge in [-0.25, -0.2) is 4.98 Å². The zero-order valence-corrected chi connectivity index (χ0v) is 9.14. The maximum absolute atomic E-state index is 4.97. The molecular weight excluding hydrogens is 216 g/mol. The minimum atomic E-state index is 0.310. The Morgan fingerprint density at radius 2 is 2.29 bits per heavy atom. The molecular formula is C12H9N4O. The molecule has 5 nitrogen and oxygen atoms in total. The van der Waals surface area contributed by atoms with Gasteiger partial charge in [-0.2, -0.15) is 9.97 Å². The standard InChI is InChI=1S/C12H9N4O/c1-17-12-13-5-4-9(16-12)8-2-3-10-11(6-8)15-7-14-10/h2-4,6-7H,1H3,(H,14,15). The second-order valence-electron chi connectivity index (χ2n) is 3.50. The van der Waals surface area contributed by atoms with E-state index in [1.807, 2.05) is 18.2 Å². The average molecular weight is 225 g/mol. The average Bonchev–Trinajstić information content (AvgIpc) is 2.86. The van der Waals surface area contributed by atoms with Crippen molar-refractivity contribution in [1.82, 2.24) is 19.9 Å². The molecule has 0 aliphatic carbocycles. The van der Waals surface area contributed by atoms with Crippen LogP contribution in [-0.4, -0.2) is 27.0 Å². The van der Waals surface area contributed by atoms with E-state index in [1.165, 1.54) is 7.11 Å². The molecule has 2 aromatic heterocycles. The van der Waals surface area contributed by atoms with Gasteiger partial charge in [0.2, 0.25) is 0 Å². The van der Waals surface area contributed by atoms with Crippen LogP contribution in [0.1, 0.15) is 0 Å². The van der Waals surface area contributed by atoms with Crippen molar-refractivity contribution < 1.29 is 4.74 Å². The van der Waals surface area contributed by atoms with Crippen LogP contribution in [0, 0.1) is 6.20 Å². The number of H-pyrrole nitrogens is 1. The first kappa shape index (κ1) is 9.77. The number of hydrogen-bond donors (Lipinski definition) is 1. The van der Waals surface area contributed by atoms with Crippen molar-refractivity contribution in [3.05, 3.63) is 36.8 Å². The van der Waals surface area contributed by atoms with Gasteiger partial charge >= 0.3 is 6.01 Å². The van der Waals surface area contributed by atoms with Gasteiger partial charge in [0.25, 0.3) is 0 Å². The summed E-state index contributed by atoms with van der Waals surface area (Å²) in [5.41, 5.74) is 3.63. The molecule has 1 radical (unpaired) electrons. The predicted octanol–water partition coefficient (Wildman–Crippen LogP) is 1.83. The van der Waals surface area contributed by atoms with E-state index in [0.29, 0.717) is 6.01 Å². The third-order valence-electron chi connectivity index (χ3n) is 2.48. The Hall–Kier alpha value is -2.43. The van der Waals surface area contributed by atoms with Crippen LogP contribution < -0.4 is 4.74 Å². The SMILES string of the molecule is COc1n[c]cc(-c2ccc3[nH]cnc3c2)n1. The molecule has 0 bridgehead atoms. The fourth-order valence-corrected chi connectivity index (χ4v) is 1.64. The fraction of sp³-hybridized carbons (Fsp3) is 0.0833. The normalized spacial score (nSPS) is 10.6. The lowest BCUT2D eigenvalue weighted by molar-refractivity contribution is 0.380. The van der Waals surface area contributed by atoms with Crippen molar-refractivity contribution in [2.24, 2.45) is 0 Å². The van der Waals surface area contributed by atoms with Gasteiger partial charge in [0, 0.05) is 5.56 Å². The molecule has 5 heteroatoms. The molecule has 1 aromatic carbocycles. The minimum absolute atomic E-state index is 0.310. The summed E-state index contributed by atoms with van der Waals surface area (Å²) in [6.45, 7) is 0. The Morgan fingerprint density at radius 1 is 1.35 bits per heavy atom. The van der Waals surface area contributed by atoms with Crippen molar-refractivity contribution in [1.29, 1.82) is 0 Å². The Morgan fingerprint density at radius 3 is 3.18 bits per heavy atom. The second-order valence-corrected chi connectivity index (χ2v) is 3.50. The molecule has 3 aromatic rings. The number of fused-ring (bicyclic) bond motifs is 1. The smallest absolute Gasteiger partial charge is 0.317 e. The van der Waals surface area contributed by atoms with Crippen molar-refractivity contribution in [2.45, 2.75) is 0 Å². The number of ether oxygens (including phenoxy) is 1. The van der Waals surface area contributed by atoms with Crippen molar-refractivity contribution in [2.75, 3.05) is 7.11 Å². The lowest BCUT2D eigenvalue weighted by Crippen LogP contribution is -1.93. The van der Waals surface area contributed by atoms with Crippen LogP contribution >= 0.6 is 0 Å². The van der Waals surface area contributed by atoms with E-state index in [4.69, 9.17) is 4.74 Å². The van der Waals surface area contributed by atoms with E-state index in [2.05, 4.69) is 26.1 Å². The summed E-state index contributed by atoms with van der Waals surface area (Å²) >= 11 is 0. The summed E-state index contributed by atoms with van der Waals surface area (Å²) in [7, 11) is 1.53. The Balaban J connectivity index is 2.12. The lowest BCUT2D eigenvalue weighted by atomic mass is 10.1. The van der Waals surface area contributed by atoms with Crippen LogP contribution in [0.4, 0.5) is 0 Å². The molecule has 0 saturated carbocycles. The second kappa shape index (κ2) is 3.86. The zero-order chi connectivity index (χ0) is 11.7. The van der Waals surface area contributed by atoms with Gasteiger partial charge in [0.15, 0.2) is 0 Å². The van der Waals surface area contributed by atoms with Crippen molar-refractivity contribution in [3.8, 4) is 17.3 Å². The first-order chi connectivity index (χ1) is 8.36. The number of imidazole rings is 1. The number of methoxy groups -OCH3 is 1. The van der Waals surface area contributed by atoms with Gasteiger partial charge in [-0.15, -0.1) is 0 Å². The van der Waals surface area contributed by atoms with Crippen molar-refractivity contribution >= 4 is 11.0 Å². The molecule has 0 aliphatic rings. The maximum Gasteiger partial charge on any atom is 0.317 e. The van der Waals surface area contributed by atoms with E-state index >= 15 is 0 Å². The van der Waals surface area contributed by atoms with Crippen molar-refractivity contribution in [3.63, 3.8) is 0 Å². The summed E-state index contributed by atoms with van der Waals surface area (Å²) in [5.74, 6) is 0. The molecule has 83 valence electrons. The Bertz CT molecular complexity index is 662. The van der Waals surface area contributed by atoms with Crippen LogP contribution in [0.25, 0.3) is 22.3 Å². The number of aromatic amines is 1. The van der Waals surface area contributed by atoms with Gasteiger partial charge in [0.05, 0.1) is 36.4 Å². The molecule has 2 heterocycles. The summed E-state index contributed by atoms with van der Waals surface area (Å²) < 4.78 is 4.97. The summed E-state index contributed by atoms with van der Waals surface area (Å²) in [6, 6.07) is 7.92. The lowest BCUT2D eigenvalue weighted by Gasteiger charge is -2.02. The molecule has 0 fully saturated rings. The molecule has 0 spiro atoms. The molecule has 1 N–H and O–H groups in total. The summed E-state index contributed by atoms with van der Waals surface area (Å²) in [6.07, 6.45) is 4.42. The van der Waals surface area contributed by atoms with Gasteiger partial charge in [-0.05, 0) is 18.2 Å². The monoisotopic (exact) mass is 225 g/mol. The highest BCUT2D eigenvalue weighted by Gasteiger charge is 2.04. The quantitative estimate of drug-likeness (QED) is 0.722. The van der Waals surface area contributed by atoms with Crippen LogP contribution in [0.3, 0.4) is 0 Å². The van der Waals surface area contributed by atoms with Crippen LogP contribution in [0.5, 0.6) is 6.01 Å². The highest BCUT2D eigenvalue weighted by molar-refractivity contribution is 5.80. The summed E-state index contributed by atoms with van der Waals surface area (Å²) in [4.78, 5) is 15.4. The van der Waals surface area contributed by atoms with Crippen LogP contribution in [0.15, 0.2) is 30.6 Å². The van der Waals surface area contributed by atoms with Gasteiger partial charge in [-0.1, -0.05) is 6.07 Å². The van der Waals surface area contributed by atoms with Gasteiger partial charge in [0.1, 0.15) is 0 Å². The number of hydrogen-bond acceptors (Lipinski definition) is 4. The third-order valence-corrected chi connectivity index (χ3v) is 2.48. The number of benzene rings is 1. The topological polar surface area (TPSA) is 63.7 Å². The molecule has 0 atom stereocenters. The van der Waals surface area contributed by atoms with E-state index in [1.54, 1.807) is 12.4 Å². The minimum Gasteiger partial charge on any atom is -0.467 e. The molecule has 0 saturated heterocycles. The molecule has 0 amide bonds. The molecule has 0 unspecified atom stereocenters. The number of rotatable bonds is 2. The fourth-order valence-electron chi connectivity index (χ4n) is 1.64. The van der Waals surface area contributed by atoms with E-state index < -0.39 is 0 Å². The highest BCUT2D eigenvalue weighted by atomic mass is 16.5. The Kier molecular flexibility index (Phi) is 2.22. The molecule has 17 heavy (non-hydrogen) atoms. The van der Waals surface area contributed by atoms with Gasteiger partial charge in [-0.3, -0.25) is 0 Å². The number of nitrogens with one attached hydrogen (secondary N) is 1. The zero-order valence-electron chi connectivity index (χ0n) is 9.14. The third kappa shape index (κ3) is 1.71. The maximum atomic E-state index is 4.97. The molecule has 0 aliphatic heterocycles. The van der Waals surface area contributed by atoms with Crippen LogP contribution in [0.2, 0.25) is 0 Å².